The zero-order valence-electron chi connectivity index (χ0n) is 10.3. The van der Waals surface area contributed by atoms with Crippen LogP contribution in [0.5, 0.6) is 0 Å². The standard InChI is InChI=1S/C12H18N4O2/c1-9(11(13)17)16-12(18)15-8-4-6-10-5-2-3-7-14-10/h2-3,5,7,9H,4,6,8H2,1H3,(H2,13,17)(H2,15,16,18)/t9-/m0/s1. The summed E-state index contributed by atoms with van der Waals surface area (Å²) in [7, 11) is 0. The normalized spacial score (nSPS) is 11.6. The summed E-state index contributed by atoms with van der Waals surface area (Å²) in [6.07, 6.45) is 3.33. The molecule has 6 nitrogen and oxygen atoms in total. The molecule has 4 N–H and O–H groups in total. The number of nitrogens with zero attached hydrogens (tertiary/aromatic N) is 1. The first kappa shape index (κ1) is 14.0. The van der Waals surface area contributed by atoms with Crippen LogP contribution in [0.25, 0.3) is 0 Å². The number of carbonyl (C=O) groups is 2. The van der Waals surface area contributed by atoms with Crippen LogP contribution in [0.3, 0.4) is 0 Å². The van der Waals surface area contributed by atoms with Crippen LogP contribution in [-0.4, -0.2) is 29.5 Å². The van der Waals surface area contributed by atoms with Crippen LogP contribution < -0.4 is 16.4 Å². The van der Waals surface area contributed by atoms with Crippen LogP contribution in [0.1, 0.15) is 19.0 Å². The summed E-state index contributed by atoms with van der Waals surface area (Å²) in [5.74, 6) is -0.557. The molecular formula is C12H18N4O2. The Balaban J connectivity index is 2.14. The maximum atomic E-state index is 11.3. The number of urea groups is 1. The average Bonchev–Trinajstić information content (AvgIpc) is 2.35. The van der Waals surface area contributed by atoms with Gasteiger partial charge in [-0.25, -0.2) is 4.79 Å². The van der Waals surface area contributed by atoms with Gasteiger partial charge in [0.25, 0.3) is 0 Å². The highest BCUT2D eigenvalue weighted by Crippen LogP contribution is 1.96. The SMILES string of the molecule is C[C@H](NC(=O)NCCCc1ccccn1)C(N)=O. The van der Waals surface area contributed by atoms with Gasteiger partial charge in [-0.2, -0.15) is 0 Å². The Morgan fingerprint density at radius 1 is 1.44 bits per heavy atom. The van der Waals surface area contributed by atoms with Crippen LogP contribution in [0.2, 0.25) is 0 Å². The summed E-state index contributed by atoms with van der Waals surface area (Å²) in [6.45, 7) is 2.06. The smallest absolute Gasteiger partial charge is 0.315 e. The third-order valence-corrected chi connectivity index (χ3v) is 2.40. The second-order valence-electron chi connectivity index (χ2n) is 3.95. The Bertz CT molecular complexity index is 394. The molecule has 1 atom stereocenters. The number of amides is 3. The topological polar surface area (TPSA) is 97.1 Å². The summed E-state index contributed by atoms with van der Waals surface area (Å²) < 4.78 is 0. The highest BCUT2D eigenvalue weighted by Gasteiger charge is 2.10. The highest BCUT2D eigenvalue weighted by molar-refractivity contribution is 5.85. The number of hydrogen-bond donors (Lipinski definition) is 3. The van der Waals surface area contributed by atoms with E-state index in [0.717, 1.165) is 18.5 Å². The average molecular weight is 250 g/mol. The lowest BCUT2D eigenvalue weighted by Gasteiger charge is -2.11. The molecule has 6 heteroatoms. The fourth-order valence-corrected chi connectivity index (χ4v) is 1.34. The molecule has 0 aliphatic heterocycles. The van der Waals surface area contributed by atoms with E-state index in [1.165, 1.54) is 6.92 Å². The van der Waals surface area contributed by atoms with Crippen molar-refractivity contribution < 1.29 is 9.59 Å². The Hall–Kier alpha value is -2.11. The highest BCUT2D eigenvalue weighted by atomic mass is 16.2. The number of aromatic nitrogens is 1. The van der Waals surface area contributed by atoms with Crippen molar-refractivity contribution in [1.82, 2.24) is 15.6 Å². The maximum Gasteiger partial charge on any atom is 0.315 e. The molecule has 0 bridgehead atoms. The van der Waals surface area contributed by atoms with E-state index in [1.54, 1.807) is 6.20 Å². The Labute approximate surface area is 106 Å². The van der Waals surface area contributed by atoms with E-state index in [4.69, 9.17) is 5.73 Å². The molecule has 0 aromatic carbocycles. The lowest BCUT2D eigenvalue weighted by atomic mass is 10.2. The van der Waals surface area contributed by atoms with Crippen molar-refractivity contribution in [3.63, 3.8) is 0 Å². The molecule has 1 heterocycles. The molecule has 1 aromatic rings. The van der Waals surface area contributed by atoms with Gasteiger partial charge in [-0.3, -0.25) is 9.78 Å². The Kier molecular flexibility index (Phi) is 5.63. The Morgan fingerprint density at radius 2 is 2.22 bits per heavy atom. The predicted molar refractivity (Wildman–Crippen MR) is 67.7 cm³/mol. The van der Waals surface area contributed by atoms with Gasteiger partial charge in [0.05, 0.1) is 0 Å². The minimum Gasteiger partial charge on any atom is -0.368 e. The number of rotatable bonds is 6. The number of nitrogens with one attached hydrogen (secondary N) is 2. The molecule has 1 rings (SSSR count). The first-order valence-electron chi connectivity index (χ1n) is 5.83. The van der Waals surface area contributed by atoms with Crippen molar-refractivity contribution in [2.45, 2.75) is 25.8 Å². The van der Waals surface area contributed by atoms with Gasteiger partial charge >= 0.3 is 6.03 Å². The van der Waals surface area contributed by atoms with Crippen molar-refractivity contribution in [3.05, 3.63) is 30.1 Å². The van der Waals surface area contributed by atoms with Gasteiger partial charge in [0.15, 0.2) is 0 Å². The molecule has 0 aliphatic carbocycles. The van der Waals surface area contributed by atoms with Gasteiger partial charge in [-0.15, -0.1) is 0 Å². The van der Waals surface area contributed by atoms with Crippen molar-refractivity contribution in [1.29, 1.82) is 0 Å². The van der Waals surface area contributed by atoms with E-state index >= 15 is 0 Å². The molecule has 1 aromatic heterocycles. The lowest BCUT2D eigenvalue weighted by Crippen LogP contribution is -2.47. The van der Waals surface area contributed by atoms with Gasteiger partial charge < -0.3 is 16.4 Å². The van der Waals surface area contributed by atoms with Crippen LogP contribution in [0.4, 0.5) is 4.79 Å². The van der Waals surface area contributed by atoms with Gasteiger partial charge in [0, 0.05) is 18.4 Å². The van der Waals surface area contributed by atoms with Crippen LogP contribution in [0.15, 0.2) is 24.4 Å². The van der Waals surface area contributed by atoms with E-state index in [9.17, 15) is 9.59 Å². The molecule has 0 aliphatic rings. The lowest BCUT2D eigenvalue weighted by molar-refractivity contribution is -0.119. The zero-order chi connectivity index (χ0) is 13.4. The third kappa shape index (κ3) is 5.29. The van der Waals surface area contributed by atoms with E-state index in [1.807, 2.05) is 18.2 Å². The molecule has 3 amide bonds. The number of aryl methyl sites for hydroxylation is 1. The minimum atomic E-state index is -0.666. The summed E-state index contributed by atoms with van der Waals surface area (Å²) >= 11 is 0. The fourth-order valence-electron chi connectivity index (χ4n) is 1.34. The second-order valence-corrected chi connectivity index (χ2v) is 3.95. The number of nitrogens with two attached hydrogens (primary N) is 1. The van der Waals surface area contributed by atoms with E-state index in [2.05, 4.69) is 15.6 Å². The summed E-state index contributed by atoms with van der Waals surface area (Å²) in [5.41, 5.74) is 6.02. The number of pyridine rings is 1. The minimum absolute atomic E-state index is 0.387. The van der Waals surface area contributed by atoms with E-state index in [0.29, 0.717) is 6.54 Å². The zero-order valence-corrected chi connectivity index (χ0v) is 10.3. The van der Waals surface area contributed by atoms with Gasteiger partial charge in [-0.05, 0) is 31.9 Å². The van der Waals surface area contributed by atoms with Crippen LogP contribution in [0, 0.1) is 0 Å². The summed E-state index contributed by atoms with van der Waals surface area (Å²) in [4.78, 5) is 26.2. The number of carbonyl (C=O) groups excluding carboxylic acids is 2. The second kappa shape index (κ2) is 7.26. The first-order chi connectivity index (χ1) is 8.59. The van der Waals surface area contributed by atoms with Gasteiger partial charge in [0.2, 0.25) is 5.91 Å². The first-order valence-corrected chi connectivity index (χ1v) is 5.83. The summed E-state index contributed by atoms with van der Waals surface area (Å²) in [6, 6.07) is 4.68. The quantitative estimate of drug-likeness (QED) is 0.628. The van der Waals surface area contributed by atoms with Gasteiger partial charge in [0.1, 0.15) is 6.04 Å². The fraction of sp³-hybridized carbons (Fsp3) is 0.417. The molecular weight excluding hydrogens is 232 g/mol. The largest absolute Gasteiger partial charge is 0.368 e. The molecule has 0 saturated carbocycles. The molecule has 0 radical (unpaired) electrons. The van der Waals surface area contributed by atoms with E-state index in [-0.39, 0.29) is 6.03 Å². The van der Waals surface area contributed by atoms with Gasteiger partial charge in [-0.1, -0.05) is 6.07 Å². The molecule has 0 unspecified atom stereocenters. The predicted octanol–water partition coefficient (Wildman–Crippen LogP) is 0.187. The van der Waals surface area contributed by atoms with Crippen molar-refractivity contribution in [3.8, 4) is 0 Å². The molecule has 0 fully saturated rings. The Morgan fingerprint density at radius 3 is 2.83 bits per heavy atom. The molecule has 18 heavy (non-hydrogen) atoms. The summed E-state index contributed by atoms with van der Waals surface area (Å²) in [5, 5.41) is 5.09. The number of primary amides is 1. The van der Waals surface area contributed by atoms with E-state index < -0.39 is 11.9 Å². The number of hydrogen-bond acceptors (Lipinski definition) is 3. The molecule has 0 spiro atoms. The molecule has 98 valence electrons. The van der Waals surface area contributed by atoms with Crippen LogP contribution in [-0.2, 0) is 11.2 Å². The van der Waals surface area contributed by atoms with Crippen molar-refractivity contribution in [2.75, 3.05) is 6.54 Å². The third-order valence-electron chi connectivity index (χ3n) is 2.40. The van der Waals surface area contributed by atoms with Crippen LogP contribution >= 0.6 is 0 Å². The van der Waals surface area contributed by atoms with Crippen molar-refractivity contribution in [2.24, 2.45) is 5.73 Å². The van der Waals surface area contributed by atoms with Crippen molar-refractivity contribution >= 4 is 11.9 Å². The monoisotopic (exact) mass is 250 g/mol. The maximum absolute atomic E-state index is 11.3. The molecule has 0 saturated heterocycles.